The van der Waals surface area contributed by atoms with Crippen LogP contribution in [0.25, 0.3) is 5.57 Å². The second-order valence-electron chi connectivity index (χ2n) is 4.28. The van der Waals surface area contributed by atoms with Gasteiger partial charge in [-0.25, -0.2) is 4.90 Å². The molecule has 1 aliphatic rings. The van der Waals surface area contributed by atoms with Gasteiger partial charge in [0.05, 0.1) is 18.4 Å². The van der Waals surface area contributed by atoms with E-state index in [1.54, 1.807) is 36.4 Å². The molecule has 0 saturated carbocycles. The van der Waals surface area contributed by atoms with Crippen LogP contribution in [-0.2, 0) is 9.59 Å². The summed E-state index contributed by atoms with van der Waals surface area (Å²) < 4.78 is 5.21. The molecule has 1 aliphatic heterocycles. The first-order chi connectivity index (χ1) is 10.1. The van der Waals surface area contributed by atoms with Crippen LogP contribution in [0.1, 0.15) is 4.88 Å². The van der Waals surface area contributed by atoms with E-state index >= 15 is 0 Å². The summed E-state index contributed by atoms with van der Waals surface area (Å²) in [5.74, 6) is -0.525. The molecule has 0 unspecified atom stereocenters. The summed E-state index contributed by atoms with van der Waals surface area (Å²) in [5.41, 5.74) is 0.627. The van der Waals surface area contributed by atoms with Crippen LogP contribution in [0.4, 0.5) is 5.69 Å². The van der Waals surface area contributed by atoms with E-state index in [0.29, 0.717) is 16.3 Å². The van der Waals surface area contributed by atoms with Crippen molar-refractivity contribution in [1.82, 2.24) is 0 Å². The van der Waals surface area contributed by atoms with Crippen molar-refractivity contribution in [2.75, 3.05) is 12.0 Å². The van der Waals surface area contributed by atoms with Crippen molar-refractivity contribution < 1.29 is 14.3 Å². The van der Waals surface area contributed by atoms with Gasteiger partial charge in [-0.05, 0) is 23.6 Å². The van der Waals surface area contributed by atoms with Gasteiger partial charge in [0, 0.05) is 4.88 Å². The number of imide groups is 1. The number of amides is 2. The highest BCUT2D eigenvalue weighted by molar-refractivity contribution is 7.11. The largest absolute Gasteiger partial charge is 0.495 e. The van der Waals surface area contributed by atoms with Gasteiger partial charge in [-0.2, -0.15) is 0 Å². The Morgan fingerprint density at radius 3 is 2.52 bits per heavy atom. The standard InChI is InChI=1S/C15H10ClNO3S/c1-20-10-6-3-2-5-9(10)17-14(18)12(13(16)15(17)19)11-7-4-8-21-11/h2-8H,1H3. The second kappa shape index (κ2) is 5.35. The predicted octanol–water partition coefficient (Wildman–Crippen LogP) is 3.28. The number of hydrogen-bond acceptors (Lipinski definition) is 4. The number of carbonyl (C=O) groups excluding carboxylic acids is 2. The normalized spacial score (nSPS) is 15.0. The van der Waals surface area contributed by atoms with Crippen molar-refractivity contribution >= 4 is 46.0 Å². The first-order valence-corrected chi connectivity index (χ1v) is 7.36. The highest BCUT2D eigenvalue weighted by atomic mass is 35.5. The van der Waals surface area contributed by atoms with Crippen molar-refractivity contribution in [3.05, 3.63) is 51.7 Å². The zero-order valence-corrected chi connectivity index (χ0v) is 12.6. The Morgan fingerprint density at radius 2 is 1.86 bits per heavy atom. The molecule has 2 aromatic rings. The summed E-state index contributed by atoms with van der Waals surface area (Å²) in [5, 5.41) is 1.77. The molecule has 1 aromatic heterocycles. The van der Waals surface area contributed by atoms with E-state index in [4.69, 9.17) is 16.3 Å². The first-order valence-electron chi connectivity index (χ1n) is 6.10. The van der Waals surface area contributed by atoms with Crippen LogP contribution in [0.5, 0.6) is 5.75 Å². The Morgan fingerprint density at radius 1 is 1.10 bits per heavy atom. The van der Waals surface area contributed by atoms with E-state index in [2.05, 4.69) is 0 Å². The minimum Gasteiger partial charge on any atom is -0.495 e. The van der Waals surface area contributed by atoms with E-state index in [1.165, 1.54) is 18.4 Å². The molecule has 0 N–H and O–H groups in total. The monoisotopic (exact) mass is 319 g/mol. The number of ether oxygens (including phenoxy) is 1. The minimum atomic E-state index is -0.533. The summed E-state index contributed by atoms with van der Waals surface area (Å²) >= 11 is 7.45. The lowest BCUT2D eigenvalue weighted by atomic mass is 10.2. The quantitative estimate of drug-likeness (QED) is 0.816. The molecular weight excluding hydrogens is 310 g/mol. The Labute approximate surface area is 130 Å². The lowest BCUT2D eigenvalue weighted by Gasteiger charge is -2.17. The van der Waals surface area contributed by atoms with Crippen LogP contribution in [-0.4, -0.2) is 18.9 Å². The zero-order chi connectivity index (χ0) is 15.0. The first kappa shape index (κ1) is 13.9. The second-order valence-corrected chi connectivity index (χ2v) is 5.61. The van der Waals surface area contributed by atoms with Crippen LogP contribution in [0.2, 0.25) is 0 Å². The van der Waals surface area contributed by atoms with Crippen LogP contribution in [0.3, 0.4) is 0 Å². The van der Waals surface area contributed by atoms with Gasteiger partial charge in [0.1, 0.15) is 10.8 Å². The Balaban J connectivity index is 2.09. The molecule has 2 amide bonds. The summed E-state index contributed by atoms with van der Waals surface area (Å²) in [7, 11) is 1.49. The molecule has 2 heterocycles. The molecular formula is C15H10ClNO3S. The van der Waals surface area contributed by atoms with Gasteiger partial charge in [0.25, 0.3) is 11.8 Å². The fourth-order valence-corrected chi connectivity index (χ4v) is 3.26. The average Bonchev–Trinajstić information content (AvgIpc) is 3.08. The molecule has 0 spiro atoms. The van der Waals surface area contributed by atoms with Gasteiger partial charge in [0.2, 0.25) is 0 Å². The van der Waals surface area contributed by atoms with E-state index in [-0.39, 0.29) is 10.6 Å². The SMILES string of the molecule is COc1ccccc1N1C(=O)C(Cl)=C(c2cccs2)C1=O. The third-order valence-electron chi connectivity index (χ3n) is 3.12. The summed E-state index contributed by atoms with van der Waals surface area (Å²) in [4.78, 5) is 26.7. The molecule has 0 radical (unpaired) electrons. The lowest BCUT2D eigenvalue weighted by Crippen LogP contribution is -2.31. The van der Waals surface area contributed by atoms with Crippen LogP contribution >= 0.6 is 22.9 Å². The number of hydrogen-bond donors (Lipinski definition) is 0. The van der Waals surface area contributed by atoms with E-state index in [0.717, 1.165) is 4.90 Å². The minimum absolute atomic E-state index is 0.0617. The number of rotatable bonds is 3. The molecule has 0 aliphatic carbocycles. The van der Waals surface area contributed by atoms with Gasteiger partial charge in [0.15, 0.2) is 0 Å². The molecule has 6 heteroatoms. The van der Waals surface area contributed by atoms with Crippen molar-refractivity contribution in [2.45, 2.75) is 0 Å². The smallest absolute Gasteiger partial charge is 0.277 e. The Kier molecular flexibility index (Phi) is 3.53. The van der Waals surface area contributed by atoms with Gasteiger partial charge in [-0.1, -0.05) is 29.8 Å². The third-order valence-corrected chi connectivity index (χ3v) is 4.36. The number of thiophene rings is 1. The number of carbonyl (C=O) groups is 2. The molecule has 0 saturated heterocycles. The number of anilines is 1. The van der Waals surface area contributed by atoms with Crippen LogP contribution in [0, 0.1) is 0 Å². The Bertz CT molecular complexity index is 752. The average molecular weight is 320 g/mol. The van der Waals surface area contributed by atoms with Gasteiger partial charge in [-0.3, -0.25) is 9.59 Å². The van der Waals surface area contributed by atoms with Gasteiger partial charge in [-0.15, -0.1) is 11.3 Å². The molecule has 0 bridgehead atoms. The van der Waals surface area contributed by atoms with Crippen LogP contribution in [0.15, 0.2) is 46.8 Å². The topological polar surface area (TPSA) is 46.6 Å². The molecule has 4 nitrogen and oxygen atoms in total. The van der Waals surface area contributed by atoms with Gasteiger partial charge >= 0.3 is 0 Å². The predicted molar refractivity (Wildman–Crippen MR) is 82.6 cm³/mol. The summed E-state index contributed by atoms with van der Waals surface area (Å²) in [6.07, 6.45) is 0. The number of methoxy groups -OCH3 is 1. The van der Waals surface area contributed by atoms with E-state index in [1.807, 2.05) is 5.38 Å². The zero-order valence-electron chi connectivity index (χ0n) is 11.0. The number of para-hydroxylation sites is 2. The maximum atomic E-state index is 12.6. The molecule has 1 aromatic carbocycles. The number of nitrogens with zero attached hydrogens (tertiary/aromatic N) is 1. The van der Waals surface area contributed by atoms with Crippen molar-refractivity contribution in [3.63, 3.8) is 0 Å². The maximum Gasteiger partial charge on any atom is 0.277 e. The lowest BCUT2D eigenvalue weighted by molar-refractivity contribution is -0.119. The molecule has 3 rings (SSSR count). The summed E-state index contributed by atoms with van der Waals surface area (Å²) in [6.45, 7) is 0. The third kappa shape index (κ3) is 2.14. The number of halogens is 1. The molecule has 21 heavy (non-hydrogen) atoms. The van der Waals surface area contributed by atoms with E-state index < -0.39 is 11.8 Å². The summed E-state index contributed by atoms with van der Waals surface area (Å²) in [6, 6.07) is 10.4. The fourth-order valence-electron chi connectivity index (χ4n) is 2.17. The molecule has 0 fully saturated rings. The van der Waals surface area contributed by atoms with Crippen molar-refractivity contribution in [1.29, 1.82) is 0 Å². The maximum absolute atomic E-state index is 12.6. The van der Waals surface area contributed by atoms with Crippen LogP contribution < -0.4 is 9.64 Å². The Hall–Kier alpha value is -2.11. The van der Waals surface area contributed by atoms with E-state index in [9.17, 15) is 9.59 Å². The highest BCUT2D eigenvalue weighted by Crippen LogP contribution is 2.39. The highest BCUT2D eigenvalue weighted by Gasteiger charge is 2.40. The van der Waals surface area contributed by atoms with Crippen molar-refractivity contribution in [2.24, 2.45) is 0 Å². The van der Waals surface area contributed by atoms with Gasteiger partial charge < -0.3 is 4.74 Å². The fraction of sp³-hybridized carbons (Fsp3) is 0.0667. The van der Waals surface area contributed by atoms with Crippen molar-refractivity contribution in [3.8, 4) is 5.75 Å². The molecule has 0 atom stereocenters. The molecule has 106 valence electrons. The number of benzene rings is 1.